The molecule has 2 aromatic rings. The van der Waals surface area contributed by atoms with Gasteiger partial charge in [0.25, 0.3) is 6.43 Å². The zero-order valence-electron chi connectivity index (χ0n) is 17.9. The van der Waals surface area contributed by atoms with Gasteiger partial charge in [0.05, 0.1) is 0 Å². The summed E-state index contributed by atoms with van der Waals surface area (Å²) < 4.78 is 27.3. The predicted octanol–water partition coefficient (Wildman–Crippen LogP) is 5.29. The lowest BCUT2D eigenvalue weighted by Gasteiger charge is -2.50. The van der Waals surface area contributed by atoms with Gasteiger partial charge in [-0.05, 0) is 62.4 Å². The summed E-state index contributed by atoms with van der Waals surface area (Å²) in [7, 11) is 0. The van der Waals surface area contributed by atoms with Crippen molar-refractivity contribution in [1.82, 2.24) is 4.90 Å². The van der Waals surface area contributed by atoms with Gasteiger partial charge in [-0.25, -0.2) is 8.78 Å². The van der Waals surface area contributed by atoms with Crippen molar-refractivity contribution < 1.29 is 18.7 Å². The maximum Gasteiger partial charge on any atom is 0.268 e. The number of rotatable bonds is 7. The van der Waals surface area contributed by atoms with E-state index in [0.29, 0.717) is 19.0 Å². The van der Waals surface area contributed by atoms with Crippen LogP contribution in [0.5, 0.6) is 0 Å². The van der Waals surface area contributed by atoms with Crippen molar-refractivity contribution in [3.8, 4) is 11.1 Å². The van der Waals surface area contributed by atoms with E-state index in [1.54, 1.807) is 11.8 Å². The number of hydrogen-bond donors (Lipinski definition) is 1. The number of benzene rings is 2. The minimum Gasteiger partial charge on any atom is -0.382 e. The number of halogens is 2. The first-order valence-electron chi connectivity index (χ1n) is 10.7. The van der Waals surface area contributed by atoms with Crippen LogP contribution >= 0.6 is 0 Å². The minimum atomic E-state index is -3.00. The number of aliphatic hydroxyl groups is 1. The Bertz CT molecular complexity index is 843. The van der Waals surface area contributed by atoms with Crippen LogP contribution < -0.4 is 0 Å². The molecule has 5 heteroatoms. The van der Waals surface area contributed by atoms with Crippen molar-refractivity contribution in [2.75, 3.05) is 13.1 Å². The molecule has 0 radical (unpaired) electrons. The van der Waals surface area contributed by atoms with Gasteiger partial charge in [0, 0.05) is 6.42 Å². The van der Waals surface area contributed by atoms with Gasteiger partial charge in [0.2, 0.25) is 0 Å². The van der Waals surface area contributed by atoms with E-state index in [2.05, 4.69) is 36.4 Å². The van der Waals surface area contributed by atoms with E-state index in [-0.39, 0.29) is 12.2 Å². The average Bonchev–Trinajstić information content (AvgIpc) is 2.78. The van der Waals surface area contributed by atoms with Gasteiger partial charge in [-0.2, -0.15) is 0 Å². The molecule has 3 nitrogen and oxygen atoms in total. The highest BCUT2D eigenvalue weighted by Gasteiger charge is 2.57. The summed E-state index contributed by atoms with van der Waals surface area (Å²) in [6.07, 6.45) is -1.37. The van der Waals surface area contributed by atoms with Crippen LogP contribution in [-0.2, 0) is 4.79 Å². The summed E-state index contributed by atoms with van der Waals surface area (Å²) >= 11 is 0. The zero-order chi connectivity index (χ0) is 21.9. The number of ketones is 1. The van der Waals surface area contributed by atoms with Crippen molar-refractivity contribution in [3.05, 3.63) is 60.2 Å². The van der Waals surface area contributed by atoms with E-state index in [1.165, 1.54) is 18.1 Å². The van der Waals surface area contributed by atoms with Crippen LogP contribution in [0.4, 0.5) is 8.78 Å². The second-order valence-corrected chi connectivity index (χ2v) is 8.55. The SMILES string of the molecule is CCC(=O)C(C)(N1CCC(c2ccc(-c3ccccc3)cc2)CC1)C(C)(O)C(F)F. The van der Waals surface area contributed by atoms with Crippen LogP contribution in [0.2, 0.25) is 0 Å². The second kappa shape index (κ2) is 8.94. The third-order valence-corrected chi connectivity index (χ3v) is 6.89. The number of Topliss-reactive ketones (excluding diaryl/α,β-unsaturated/α-hetero) is 1. The Labute approximate surface area is 177 Å². The quantitative estimate of drug-likeness (QED) is 0.668. The smallest absolute Gasteiger partial charge is 0.268 e. The highest BCUT2D eigenvalue weighted by Crippen LogP contribution is 2.39. The van der Waals surface area contributed by atoms with Crippen molar-refractivity contribution in [2.24, 2.45) is 0 Å². The third kappa shape index (κ3) is 4.06. The van der Waals surface area contributed by atoms with Gasteiger partial charge >= 0.3 is 0 Å². The molecule has 0 spiro atoms. The first-order valence-corrected chi connectivity index (χ1v) is 10.7. The molecule has 1 aliphatic rings. The van der Waals surface area contributed by atoms with E-state index in [9.17, 15) is 18.7 Å². The maximum absolute atomic E-state index is 13.7. The number of alkyl halides is 2. The fraction of sp³-hybridized carbons (Fsp3) is 0.480. The third-order valence-electron chi connectivity index (χ3n) is 6.89. The van der Waals surface area contributed by atoms with Crippen LogP contribution in [0.25, 0.3) is 11.1 Å². The minimum absolute atomic E-state index is 0.111. The second-order valence-electron chi connectivity index (χ2n) is 8.55. The maximum atomic E-state index is 13.7. The molecule has 2 aromatic carbocycles. The number of hydrogen-bond acceptors (Lipinski definition) is 3. The molecule has 1 fully saturated rings. The number of likely N-dealkylation sites (tertiary alicyclic amines) is 1. The highest BCUT2D eigenvalue weighted by molar-refractivity contribution is 5.89. The molecule has 30 heavy (non-hydrogen) atoms. The Morgan fingerprint density at radius 3 is 2.07 bits per heavy atom. The Kier molecular flexibility index (Phi) is 6.73. The molecule has 1 saturated heterocycles. The summed E-state index contributed by atoms with van der Waals surface area (Å²) in [5.74, 6) is -0.0398. The fourth-order valence-corrected chi connectivity index (χ4v) is 4.57. The van der Waals surface area contributed by atoms with Crippen LogP contribution in [-0.4, -0.2) is 46.4 Å². The lowest BCUT2D eigenvalue weighted by atomic mass is 9.75. The molecule has 0 bridgehead atoms. The Balaban J connectivity index is 1.74. The fourth-order valence-electron chi connectivity index (χ4n) is 4.57. The van der Waals surface area contributed by atoms with Crippen LogP contribution in [0.1, 0.15) is 51.5 Å². The molecule has 2 unspecified atom stereocenters. The zero-order valence-corrected chi connectivity index (χ0v) is 17.9. The number of carbonyl (C=O) groups excluding carboxylic acids is 1. The molecule has 0 aromatic heterocycles. The van der Waals surface area contributed by atoms with E-state index >= 15 is 0 Å². The van der Waals surface area contributed by atoms with Crippen LogP contribution in [0, 0.1) is 0 Å². The molecule has 0 saturated carbocycles. The first kappa shape index (κ1) is 22.6. The lowest BCUT2D eigenvalue weighted by molar-refractivity contribution is -0.184. The topological polar surface area (TPSA) is 40.5 Å². The summed E-state index contributed by atoms with van der Waals surface area (Å²) in [5, 5.41) is 10.6. The predicted molar refractivity (Wildman–Crippen MR) is 116 cm³/mol. The van der Waals surface area contributed by atoms with Crippen molar-refractivity contribution >= 4 is 5.78 Å². The molecular weight excluding hydrogens is 384 g/mol. The summed E-state index contributed by atoms with van der Waals surface area (Å²) in [6.45, 7) is 5.20. The molecular formula is C25H31F2NO2. The molecule has 0 aliphatic carbocycles. The normalized spacial score (nSPS) is 20.0. The molecule has 2 atom stereocenters. The Hall–Kier alpha value is -2.11. The van der Waals surface area contributed by atoms with E-state index in [0.717, 1.165) is 25.3 Å². The van der Waals surface area contributed by atoms with Gasteiger partial charge in [-0.15, -0.1) is 0 Å². The Morgan fingerprint density at radius 1 is 1.03 bits per heavy atom. The standard InChI is InChI=1S/C25H31F2NO2/c1-4-22(29)24(2,25(3,30)23(26)27)28-16-14-21(15-17-28)20-12-10-19(11-13-20)18-8-6-5-7-9-18/h5-13,21,23,30H,4,14-17H2,1-3H3. The van der Waals surface area contributed by atoms with Gasteiger partial charge in [0.1, 0.15) is 11.1 Å². The number of piperidine rings is 1. The van der Waals surface area contributed by atoms with E-state index in [1.807, 2.05) is 18.2 Å². The van der Waals surface area contributed by atoms with Crippen LogP contribution in [0.3, 0.4) is 0 Å². The van der Waals surface area contributed by atoms with Gasteiger partial charge in [-0.3, -0.25) is 9.69 Å². The van der Waals surface area contributed by atoms with Crippen molar-refractivity contribution in [1.29, 1.82) is 0 Å². The first-order chi connectivity index (χ1) is 14.2. The van der Waals surface area contributed by atoms with Crippen molar-refractivity contribution in [3.63, 3.8) is 0 Å². The lowest BCUT2D eigenvalue weighted by Crippen LogP contribution is -2.69. The molecule has 3 rings (SSSR count). The molecule has 1 aliphatic heterocycles. The van der Waals surface area contributed by atoms with E-state index < -0.39 is 17.6 Å². The Morgan fingerprint density at radius 2 is 1.57 bits per heavy atom. The summed E-state index contributed by atoms with van der Waals surface area (Å²) in [4.78, 5) is 14.4. The number of carbonyl (C=O) groups is 1. The molecule has 0 amide bonds. The van der Waals surface area contributed by atoms with Crippen molar-refractivity contribution in [2.45, 2.75) is 63.5 Å². The molecule has 162 valence electrons. The van der Waals surface area contributed by atoms with Gasteiger partial charge < -0.3 is 5.11 Å². The number of nitrogens with zero attached hydrogens (tertiary/aromatic N) is 1. The van der Waals surface area contributed by atoms with E-state index in [4.69, 9.17) is 0 Å². The summed E-state index contributed by atoms with van der Waals surface area (Å²) in [5.41, 5.74) is -0.450. The van der Waals surface area contributed by atoms with Gasteiger partial charge in [-0.1, -0.05) is 61.5 Å². The average molecular weight is 416 g/mol. The van der Waals surface area contributed by atoms with Gasteiger partial charge in [0.15, 0.2) is 5.78 Å². The highest BCUT2D eigenvalue weighted by atomic mass is 19.3. The summed E-state index contributed by atoms with van der Waals surface area (Å²) in [6, 6.07) is 18.7. The molecule has 1 heterocycles. The largest absolute Gasteiger partial charge is 0.382 e. The molecule has 1 N–H and O–H groups in total. The van der Waals surface area contributed by atoms with Crippen LogP contribution in [0.15, 0.2) is 54.6 Å². The monoisotopic (exact) mass is 415 g/mol.